The largest absolute Gasteiger partial charge is 0.399 e. The van der Waals surface area contributed by atoms with Gasteiger partial charge in [0.1, 0.15) is 0 Å². The average molecular weight is 729 g/mol. The maximum Gasteiger partial charge on any atom is 0.0316 e. The molecule has 54 heavy (non-hydrogen) atoms. The molecule has 2 nitrogen and oxygen atoms in total. The first kappa shape index (κ1) is 43.2. The van der Waals surface area contributed by atoms with E-state index < -0.39 is 0 Å². The van der Waals surface area contributed by atoms with E-state index in [0.717, 1.165) is 11.4 Å². The molecule has 0 saturated carbocycles. The molecule has 0 aliphatic rings. The summed E-state index contributed by atoms with van der Waals surface area (Å²) in [5, 5.41) is 0. The van der Waals surface area contributed by atoms with Crippen LogP contribution in [0, 0.1) is 13.8 Å². The molecule has 4 aromatic carbocycles. The van der Waals surface area contributed by atoms with Crippen molar-refractivity contribution in [3.05, 3.63) is 129 Å². The van der Waals surface area contributed by atoms with E-state index in [1.165, 1.54) is 186 Å². The standard InChI is InChI=1S/C52H76N2/c1-5-7-9-21-25-51(49-37-35-47(53)39-41(49)3)45-31-27-43(28-32-45)23-19-17-15-13-11-12-14-16-18-20-24-44-29-33-46(34-30-44)52(26-22-10-8-6-2)50-38-36-48(54)40-42(50)4/h27-40,51-52H,5-26,53-54H2,1-4H3. The number of unbranched alkanes of at least 4 members (excludes halogenated alkanes) is 15. The summed E-state index contributed by atoms with van der Waals surface area (Å²) in [6.45, 7) is 9.02. The van der Waals surface area contributed by atoms with Crippen LogP contribution in [0.25, 0.3) is 0 Å². The topological polar surface area (TPSA) is 52.0 Å². The van der Waals surface area contributed by atoms with Crippen LogP contribution in [-0.4, -0.2) is 0 Å². The Bertz CT molecular complexity index is 1460. The van der Waals surface area contributed by atoms with Gasteiger partial charge < -0.3 is 11.5 Å². The second-order valence-electron chi connectivity index (χ2n) is 16.6. The first-order chi connectivity index (χ1) is 26.4. The SMILES string of the molecule is CCCCCCC(c1ccc(CCCCCCCCCCCCc2ccc(C(CCCCCC)c3ccc(N)cc3C)cc2)cc1)c1ccc(N)cc1C. The van der Waals surface area contributed by atoms with Gasteiger partial charge in [0.05, 0.1) is 0 Å². The molecule has 2 unspecified atom stereocenters. The van der Waals surface area contributed by atoms with Crippen molar-refractivity contribution >= 4 is 11.4 Å². The molecular formula is C52H76N2. The minimum atomic E-state index is 0.461. The van der Waals surface area contributed by atoms with Crippen molar-refractivity contribution in [2.75, 3.05) is 11.5 Å². The van der Waals surface area contributed by atoms with Gasteiger partial charge in [0.2, 0.25) is 0 Å². The van der Waals surface area contributed by atoms with Crippen molar-refractivity contribution in [3.63, 3.8) is 0 Å². The summed E-state index contributed by atoms with van der Waals surface area (Å²) in [4.78, 5) is 0. The lowest BCUT2D eigenvalue weighted by Gasteiger charge is -2.21. The Labute approximate surface area is 332 Å². The molecule has 4 rings (SSSR count). The zero-order valence-electron chi connectivity index (χ0n) is 34.9. The van der Waals surface area contributed by atoms with Crippen LogP contribution in [0.2, 0.25) is 0 Å². The second kappa shape index (κ2) is 24.8. The van der Waals surface area contributed by atoms with Gasteiger partial charge in [0.25, 0.3) is 0 Å². The minimum absolute atomic E-state index is 0.461. The molecule has 4 N–H and O–H groups in total. The summed E-state index contributed by atoms with van der Waals surface area (Å²) in [6, 6.07) is 32.2. The van der Waals surface area contributed by atoms with Crippen LogP contribution < -0.4 is 11.5 Å². The Balaban J connectivity index is 1.08. The summed E-state index contributed by atoms with van der Waals surface area (Å²) in [5.74, 6) is 0.923. The van der Waals surface area contributed by atoms with Crippen molar-refractivity contribution in [1.82, 2.24) is 0 Å². The summed E-state index contributed by atoms with van der Waals surface area (Å²) in [7, 11) is 0. The van der Waals surface area contributed by atoms with Gasteiger partial charge >= 0.3 is 0 Å². The number of benzene rings is 4. The lowest BCUT2D eigenvalue weighted by atomic mass is 9.84. The maximum atomic E-state index is 6.09. The highest BCUT2D eigenvalue weighted by molar-refractivity contribution is 5.49. The van der Waals surface area contributed by atoms with Gasteiger partial charge in [-0.2, -0.15) is 0 Å². The molecule has 0 aliphatic carbocycles. The van der Waals surface area contributed by atoms with Gasteiger partial charge in [-0.3, -0.25) is 0 Å². The number of rotatable bonds is 27. The van der Waals surface area contributed by atoms with Gasteiger partial charge in [-0.15, -0.1) is 0 Å². The van der Waals surface area contributed by atoms with Crippen LogP contribution in [0.5, 0.6) is 0 Å². The molecule has 0 bridgehead atoms. The van der Waals surface area contributed by atoms with E-state index in [0.29, 0.717) is 11.8 Å². The summed E-state index contributed by atoms with van der Waals surface area (Å²) in [6.07, 6.45) is 28.9. The quantitative estimate of drug-likeness (QED) is 0.0474. The Morgan fingerprint density at radius 3 is 1.06 bits per heavy atom. The third-order valence-corrected chi connectivity index (χ3v) is 12.0. The molecule has 0 spiro atoms. The van der Waals surface area contributed by atoms with Crippen molar-refractivity contribution in [3.8, 4) is 0 Å². The Hall–Kier alpha value is -3.52. The number of anilines is 2. The maximum absolute atomic E-state index is 6.09. The van der Waals surface area contributed by atoms with Crippen molar-refractivity contribution in [2.45, 2.75) is 181 Å². The third-order valence-electron chi connectivity index (χ3n) is 12.0. The van der Waals surface area contributed by atoms with Crippen molar-refractivity contribution < 1.29 is 0 Å². The molecule has 4 aromatic rings. The number of nitrogens with two attached hydrogens (primary N) is 2. The minimum Gasteiger partial charge on any atom is -0.399 e. The molecule has 0 heterocycles. The molecule has 2 atom stereocenters. The van der Waals surface area contributed by atoms with E-state index in [9.17, 15) is 0 Å². The van der Waals surface area contributed by atoms with Gasteiger partial charge in [-0.25, -0.2) is 0 Å². The number of nitrogen functional groups attached to an aromatic ring is 2. The lowest BCUT2D eigenvalue weighted by Crippen LogP contribution is -2.05. The van der Waals surface area contributed by atoms with Crippen LogP contribution in [-0.2, 0) is 12.8 Å². The predicted molar refractivity (Wildman–Crippen MR) is 239 cm³/mol. The molecule has 0 amide bonds. The molecule has 2 heteroatoms. The predicted octanol–water partition coefficient (Wildman–Crippen LogP) is 15.4. The van der Waals surface area contributed by atoms with Crippen LogP contribution in [0.4, 0.5) is 11.4 Å². The fraction of sp³-hybridized carbons (Fsp3) is 0.538. The van der Waals surface area contributed by atoms with Crippen LogP contribution in [0.15, 0.2) is 84.9 Å². The van der Waals surface area contributed by atoms with E-state index in [-0.39, 0.29) is 0 Å². The fourth-order valence-electron chi connectivity index (χ4n) is 8.64. The molecule has 0 fully saturated rings. The zero-order chi connectivity index (χ0) is 38.4. The van der Waals surface area contributed by atoms with Crippen molar-refractivity contribution in [1.29, 1.82) is 0 Å². The lowest BCUT2D eigenvalue weighted by molar-refractivity contribution is 0.551. The highest BCUT2D eigenvalue weighted by Gasteiger charge is 2.18. The molecule has 0 aromatic heterocycles. The Kier molecular flexibility index (Phi) is 19.8. The molecule has 0 saturated heterocycles. The molecule has 0 radical (unpaired) electrons. The fourth-order valence-corrected chi connectivity index (χ4v) is 8.64. The van der Waals surface area contributed by atoms with Crippen LogP contribution in [0.3, 0.4) is 0 Å². The smallest absolute Gasteiger partial charge is 0.0316 e. The van der Waals surface area contributed by atoms with Crippen molar-refractivity contribution in [2.24, 2.45) is 0 Å². The summed E-state index contributed by atoms with van der Waals surface area (Å²) < 4.78 is 0. The highest BCUT2D eigenvalue weighted by Crippen LogP contribution is 2.35. The first-order valence-electron chi connectivity index (χ1n) is 22.3. The zero-order valence-corrected chi connectivity index (χ0v) is 34.9. The number of hydrogen-bond acceptors (Lipinski definition) is 2. The second-order valence-corrected chi connectivity index (χ2v) is 16.6. The number of aryl methyl sites for hydroxylation is 4. The molecule has 0 aliphatic heterocycles. The Morgan fingerprint density at radius 1 is 0.389 bits per heavy atom. The van der Waals surface area contributed by atoms with Crippen LogP contribution in [0.1, 0.15) is 199 Å². The van der Waals surface area contributed by atoms with Gasteiger partial charge in [0, 0.05) is 23.2 Å². The van der Waals surface area contributed by atoms with E-state index in [1.807, 2.05) is 0 Å². The Morgan fingerprint density at radius 2 is 0.722 bits per heavy atom. The first-order valence-corrected chi connectivity index (χ1v) is 22.3. The summed E-state index contributed by atoms with van der Waals surface area (Å²) >= 11 is 0. The normalized spacial score (nSPS) is 12.6. The molecule has 294 valence electrons. The average Bonchev–Trinajstić information content (AvgIpc) is 3.17. The highest BCUT2D eigenvalue weighted by atomic mass is 14.5. The van der Waals surface area contributed by atoms with Gasteiger partial charge in [-0.1, -0.05) is 177 Å². The van der Waals surface area contributed by atoms with E-state index in [4.69, 9.17) is 11.5 Å². The van der Waals surface area contributed by atoms with E-state index >= 15 is 0 Å². The third kappa shape index (κ3) is 15.0. The summed E-state index contributed by atoms with van der Waals surface area (Å²) in [5.41, 5.74) is 25.3. The van der Waals surface area contributed by atoms with E-state index in [1.54, 1.807) is 0 Å². The monoisotopic (exact) mass is 729 g/mol. The van der Waals surface area contributed by atoms with Gasteiger partial charge in [0.15, 0.2) is 0 Å². The molecular weight excluding hydrogens is 653 g/mol. The van der Waals surface area contributed by atoms with Gasteiger partial charge in [-0.05, 0) is 121 Å². The van der Waals surface area contributed by atoms with E-state index in [2.05, 4.69) is 113 Å². The van der Waals surface area contributed by atoms with Crippen LogP contribution >= 0.6 is 0 Å². The number of hydrogen-bond donors (Lipinski definition) is 2.